The Hall–Kier alpha value is -4.04. The van der Waals surface area contributed by atoms with Crippen LogP contribution in [0.3, 0.4) is 0 Å². The molecule has 0 aliphatic rings. The first kappa shape index (κ1) is 23.1. The number of hydrogen-bond acceptors (Lipinski definition) is 5. The summed E-state index contributed by atoms with van der Waals surface area (Å²) in [5.74, 6) is 0.611. The normalized spacial score (nSPS) is 10.7. The Bertz CT molecular complexity index is 1300. The van der Waals surface area contributed by atoms with Crippen molar-refractivity contribution in [3.05, 3.63) is 100 Å². The zero-order chi connectivity index (χ0) is 24.1. The molecule has 0 aliphatic carbocycles. The molecule has 8 nitrogen and oxygen atoms in total. The second-order valence-corrected chi connectivity index (χ2v) is 8.05. The molecule has 174 valence electrons. The van der Waals surface area contributed by atoms with Crippen molar-refractivity contribution in [3.8, 4) is 5.75 Å². The number of ether oxygens (including phenoxy) is 1. The number of carbonyl (C=O) groups excluding carboxylic acids is 2. The minimum Gasteiger partial charge on any atom is -0.489 e. The van der Waals surface area contributed by atoms with Gasteiger partial charge in [0.2, 0.25) is 0 Å². The highest BCUT2D eigenvalue weighted by Gasteiger charge is 2.19. The first-order valence-corrected chi connectivity index (χ1v) is 10.9. The van der Waals surface area contributed by atoms with Gasteiger partial charge >= 0.3 is 0 Å². The van der Waals surface area contributed by atoms with Crippen LogP contribution in [0.25, 0.3) is 0 Å². The zero-order valence-electron chi connectivity index (χ0n) is 18.7. The highest BCUT2D eigenvalue weighted by Crippen LogP contribution is 2.22. The van der Waals surface area contributed by atoms with Gasteiger partial charge in [-0.2, -0.15) is 5.10 Å². The summed E-state index contributed by atoms with van der Waals surface area (Å²) in [6.45, 7) is 2.49. The van der Waals surface area contributed by atoms with Crippen molar-refractivity contribution in [2.45, 2.75) is 20.1 Å². The van der Waals surface area contributed by atoms with Gasteiger partial charge in [-0.1, -0.05) is 23.7 Å². The van der Waals surface area contributed by atoms with Crippen LogP contribution in [0.1, 0.15) is 37.7 Å². The van der Waals surface area contributed by atoms with Crippen LogP contribution in [0.2, 0.25) is 5.02 Å². The number of nitrogens with zero attached hydrogens (tertiary/aromatic N) is 2. The van der Waals surface area contributed by atoms with Gasteiger partial charge in [-0.15, -0.1) is 0 Å². The molecule has 0 radical (unpaired) electrons. The highest BCUT2D eigenvalue weighted by atomic mass is 35.5. The Labute approximate surface area is 201 Å². The number of anilines is 1. The molecule has 2 aromatic carbocycles. The molecular formula is C25H23ClN4O4. The monoisotopic (exact) mass is 478 g/mol. The van der Waals surface area contributed by atoms with E-state index in [4.69, 9.17) is 20.8 Å². The minimum absolute atomic E-state index is 0.226. The fourth-order valence-corrected chi connectivity index (χ4v) is 3.40. The van der Waals surface area contributed by atoms with Gasteiger partial charge in [0.25, 0.3) is 11.8 Å². The lowest BCUT2D eigenvalue weighted by Crippen LogP contribution is -2.26. The molecule has 0 atom stereocenters. The number of aromatic nitrogens is 2. The predicted octanol–water partition coefficient (Wildman–Crippen LogP) is 4.74. The average Bonchev–Trinajstić information content (AvgIpc) is 3.48. The zero-order valence-corrected chi connectivity index (χ0v) is 19.4. The third kappa shape index (κ3) is 5.47. The lowest BCUT2D eigenvalue weighted by molar-refractivity contribution is 0.0939. The SMILES string of the molecule is Cc1cc(OCc2ccc(C(=O)Nc3cnn(C)c3C(=O)NCc3ccco3)cc2)ccc1Cl. The number of rotatable bonds is 8. The Balaban J connectivity index is 1.37. The lowest BCUT2D eigenvalue weighted by atomic mass is 10.1. The van der Waals surface area contributed by atoms with Gasteiger partial charge in [-0.25, -0.2) is 0 Å². The predicted molar refractivity (Wildman–Crippen MR) is 128 cm³/mol. The number of benzene rings is 2. The first-order valence-electron chi connectivity index (χ1n) is 10.5. The van der Waals surface area contributed by atoms with Crippen molar-refractivity contribution in [2.24, 2.45) is 7.05 Å². The number of furan rings is 1. The lowest BCUT2D eigenvalue weighted by Gasteiger charge is -2.10. The maximum atomic E-state index is 12.8. The Kier molecular flexibility index (Phi) is 6.98. The molecule has 9 heteroatoms. The van der Waals surface area contributed by atoms with Crippen molar-refractivity contribution < 1.29 is 18.7 Å². The van der Waals surface area contributed by atoms with Crippen LogP contribution < -0.4 is 15.4 Å². The second-order valence-electron chi connectivity index (χ2n) is 7.64. The van der Waals surface area contributed by atoms with Crippen LogP contribution in [0.15, 0.2) is 71.5 Å². The molecule has 0 fully saturated rings. The molecule has 34 heavy (non-hydrogen) atoms. The Morgan fingerprint density at radius 3 is 2.62 bits per heavy atom. The van der Waals surface area contributed by atoms with Crippen molar-refractivity contribution in [1.29, 1.82) is 0 Å². The molecular weight excluding hydrogens is 456 g/mol. The van der Waals surface area contributed by atoms with E-state index in [1.165, 1.54) is 17.1 Å². The molecule has 2 heterocycles. The van der Waals surface area contributed by atoms with E-state index >= 15 is 0 Å². The quantitative estimate of drug-likeness (QED) is 0.381. The van der Waals surface area contributed by atoms with E-state index in [1.54, 1.807) is 37.4 Å². The summed E-state index contributed by atoms with van der Waals surface area (Å²) in [6.07, 6.45) is 2.98. The molecule has 0 bridgehead atoms. The van der Waals surface area contributed by atoms with Crippen LogP contribution >= 0.6 is 11.6 Å². The Morgan fingerprint density at radius 1 is 1.12 bits per heavy atom. The summed E-state index contributed by atoms with van der Waals surface area (Å²) in [6, 6.07) is 16.0. The summed E-state index contributed by atoms with van der Waals surface area (Å²) < 4.78 is 12.4. The molecule has 0 aliphatic heterocycles. The maximum absolute atomic E-state index is 12.8. The molecule has 2 amide bonds. The van der Waals surface area contributed by atoms with Gasteiger partial charge in [0.15, 0.2) is 0 Å². The number of aryl methyl sites for hydroxylation is 2. The summed E-state index contributed by atoms with van der Waals surface area (Å²) in [4.78, 5) is 25.4. The third-order valence-corrected chi connectivity index (χ3v) is 5.58. The van der Waals surface area contributed by atoms with Crippen LogP contribution in [0.5, 0.6) is 5.75 Å². The molecule has 0 unspecified atom stereocenters. The highest BCUT2D eigenvalue weighted by molar-refractivity contribution is 6.31. The standard InChI is InChI=1S/C25H23ClN4O4/c1-16-12-19(9-10-21(16)26)34-15-17-5-7-18(8-6-17)24(31)29-22-14-28-30(2)23(22)25(32)27-13-20-4-3-11-33-20/h3-12,14H,13,15H2,1-2H3,(H,27,32)(H,29,31). The van der Waals surface area contributed by atoms with Gasteiger partial charge < -0.3 is 19.8 Å². The van der Waals surface area contributed by atoms with E-state index in [9.17, 15) is 9.59 Å². The minimum atomic E-state index is -0.378. The van der Waals surface area contributed by atoms with Crippen LogP contribution in [0.4, 0.5) is 5.69 Å². The number of halogens is 1. The second kappa shape index (κ2) is 10.3. The van der Waals surface area contributed by atoms with Gasteiger partial charge in [0.1, 0.15) is 23.8 Å². The number of hydrogen-bond donors (Lipinski definition) is 2. The van der Waals surface area contributed by atoms with Gasteiger partial charge in [0, 0.05) is 17.6 Å². The van der Waals surface area contributed by atoms with Crippen molar-refractivity contribution in [1.82, 2.24) is 15.1 Å². The van der Waals surface area contributed by atoms with Crippen molar-refractivity contribution in [2.75, 3.05) is 5.32 Å². The van der Waals surface area contributed by atoms with Crippen LogP contribution in [-0.4, -0.2) is 21.6 Å². The van der Waals surface area contributed by atoms with Crippen LogP contribution in [0, 0.1) is 6.92 Å². The topological polar surface area (TPSA) is 98.4 Å². The van der Waals surface area contributed by atoms with E-state index in [2.05, 4.69) is 15.7 Å². The summed E-state index contributed by atoms with van der Waals surface area (Å²) in [5.41, 5.74) is 2.84. The molecule has 0 saturated carbocycles. The fraction of sp³-hybridized carbons (Fsp3) is 0.160. The van der Waals surface area contributed by atoms with E-state index in [0.29, 0.717) is 28.6 Å². The Morgan fingerprint density at radius 2 is 1.91 bits per heavy atom. The van der Waals surface area contributed by atoms with Gasteiger partial charge in [-0.3, -0.25) is 14.3 Å². The molecule has 2 N–H and O–H groups in total. The maximum Gasteiger partial charge on any atom is 0.272 e. The largest absolute Gasteiger partial charge is 0.489 e. The number of nitrogens with one attached hydrogen (secondary N) is 2. The molecule has 4 aromatic rings. The number of amides is 2. The average molecular weight is 479 g/mol. The van der Waals surface area contributed by atoms with E-state index in [-0.39, 0.29) is 24.1 Å². The molecule has 0 spiro atoms. The van der Waals surface area contributed by atoms with E-state index in [0.717, 1.165) is 16.9 Å². The number of carbonyl (C=O) groups is 2. The van der Waals surface area contributed by atoms with Gasteiger partial charge in [-0.05, 0) is 60.5 Å². The van der Waals surface area contributed by atoms with Crippen molar-refractivity contribution in [3.63, 3.8) is 0 Å². The van der Waals surface area contributed by atoms with Gasteiger partial charge in [0.05, 0.1) is 24.7 Å². The van der Waals surface area contributed by atoms with Crippen molar-refractivity contribution >= 4 is 29.1 Å². The molecule has 4 rings (SSSR count). The summed E-state index contributed by atoms with van der Waals surface area (Å²) in [5, 5.41) is 10.3. The summed E-state index contributed by atoms with van der Waals surface area (Å²) >= 11 is 6.04. The van der Waals surface area contributed by atoms with E-state index in [1.807, 2.05) is 31.2 Å². The third-order valence-electron chi connectivity index (χ3n) is 5.16. The van der Waals surface area contributed by atoms with E-state index < -0.39 is 0 Å². The molecule has 2 aromatic heterocycles. The first-order chi connectivity index (χ1) is 16.4. The smallest absolute Gasteiger partial charge is 0.272 e. The molecule has 0 saturated heterocycles. The summed E-state index contributed by atoms with van der Waals surface area (Å²) in [7, 11) is 1.63. The van der Waals surface area contributed by atoms with Crippen LogP contribution in [-0.2, 0) is 20.2 Å². The fourth-order valence-electron chi connectivity index (χ4n) is 3.28.